The van der Waals surface area contributed by atoms with Crippen LogP contribution >= 0.6 is 12.4 Å². The van der Waals surface area contributed by atoms with Gasteiger partial charge in [0.15, 0.2) is 0 Å². The largest absolute Gasteiger partial charge is 0.469 e. The van der Waals surface area contributed by atoms with Gasteiger partial charge in [0.1, 0.15) is 5.78 Å². The van der Waals surface area contributed by atoms with Gasteiger partial charge in [-0.3, -0.25) is 9.59 Å². The lowest BCUT2D eigenvalue weighted by atomic mass is 10.2. The van der Waals surface area contributed by atoms with Crippen molar-refractivity contribution in [1.82, 2.24) is 0 Å². The molecule has 0 atom stereocenters. The second kappa shape index (κ2) is 7.50. The van der Waals surface area contributed by atoms with Crippen LogP contribution in [0.1, 0.15) is 17.0 Å². The van der Waals surface area contributed by atoms with Crippen LogP contribution in [-0.2, 0) is 14.3 Å². The number of esters is 1. The van der Waals surface area contributed by atoms with Gasteiger partial charge < -0.3 is 10.5 Å². The van der Waals surface area contributed by atoms with Crippen LogP contribution in [0.15, 0.2) is 0 Å². The number of halogens is 1. The Kier molecular flexibility index (Phi) is 4.81. The van der Waals surface area contributed by atoms with Gasteiger partial charge in [-0.2, -0.15) is 0 Å². The number of carbonyl (C=O) groups excluding carboxylic acids is 2. The molecule has 0 saturated carbocycles. The molecule has 0 aliphatic carbocycles. The Labute approximate surface area is 75.7 Å². The Hall–Kier alpha value is -0.610. The summed E-state index contributed by atoms with van der Waals surface area (Å²) in [5, 5.41) is 0. The molecule has 0 aromatic heterocycles. The summed E-state index contributed by atoms with van der Waals surface area (Å²) in [7, 11) is -2.73. The lowest BCUT2D eigenvalue weighted by Gasteiger charge is -1.95. The first-order valence-corrected chi connectivity index (χ1v) is 2.79. The summed E-state index contributed by atoms with van der Waals surface area (Å²) >= 11 is 0. The fourth-order valence-electron chi connectivity index (χ4n) is 0.395. The summed E-state index contributed by atoms with van der Waals surface area (Å²) in [5.74, 6) is -1.22. The molecule has 0 heterocycles. The highest BCUT2D eigenvalue weighted by molar-refractivity contribution is 5.85. The Morgan fingerprint density at radius 3 is 2.64 bits per heavy atom. The highest BCUT2D eigenvalue weighted by Crippen LogP contribution is 1.91. The number of nitrogens with two attached hydrogens (primary N) is 1. The maximum absolute atomic E-state index is 10.7. The average molecular weight is 185 g/mol. The topological polar surface area (TPSA) is 69.4 Å². The van der Waals surface area contributed by atoms with E-state index in [9.17, 15) is 9.59 Å². The number of Topliss-reactive ketones (excluding diaryl/α,β-unsaturated/α-hetero) is 1. The van der Waals surface area contributed by atoms with Crippen molar-refractivity contribution < 1.29 is 18.4 Å². The molecule has 66 valence electrons. The Morgan fingerprint density at radius 1 is 1.55 bits per heavy atom. The van der Waals surface area contributed by atoms with Gasteiger partial charge in [0.2, 0.25) is 0 Å². The number of hydrogen-bond donors (Lipinski definition) is 1. The van der Waals surface area contributed by atoms with E-state index in [0.717, 1.165) is 0 Å². The molecule has 0 bridgehead atoms. The molecule has 0 aliphatic rings. The molecule has 0 aromatic carbocycles. The highest BCUT2D eigenvalue weighted by atomic mass is 35.5. The van der Waals surface area contributed by atoms with Gasteiger partial charge in [-0.05, 0) is 0 Å². The van der Waals surface area contributed by atoms with E-state index in [1.807, 2.05) is 0 Å². The van der Waals surface area contributed by atoms with Crippen molar-refractivity contribution in [3.63, 3.8) is 0 Å². The van der Waals surface area contributed by atoms with E-state index >= 15 is 0 Å². The average Bonchev–Trinajstić information content (AvgIpc) is 1.97. The quantitative estimate of drug-likeness (QED) is 0.619. The first kappa shape index (κ1) is 7.06. The van der Waals surface area contributed by atoms with Crippen LogP contribution in [0.3, 0.4) is 0 Å². The van der Waals surface area contributed by atoms with Crippen molar-refractivity contribution in [3.05, 3.63) is 0 Å². The minimum atomic E-state index is -2.73. The van der Waals surface area contributed by atoms with E-state index in [0.29, 0.717) is 0 Å². The van der Waals surface area contributed by atoms with E-state index in [2.05, 4.69) is 4.74 Å². The Balaban J connectivity index is 0. The fourth-order valence-corrected chi connectivity index (χ4v) is 0.395. The van der Waals surface area contributed by atoms with Crippen LogP contribution in [0.4, 0.5) is 0 Å². The predicted octanol–water partition coefficient (Wildman–Crippen LogP) is -0.111. The van der Waals surface area contributed by atoms with Gasteiger partial charge in [0, 0.05) is 6.42 Å². The van der Waals surface area contributed by atoms with E-state index < -0.39 is 13.0 Å². The molecule has 0 aromatic rings. The first-order valence-electron chi connectivity index (χ1n) is 4.29. The van der Waals surface area contributed by atoms with Gasteiger partial charge >= 0.3 is 5.97 Å². The molecule has 0 radical (unpaired) electrons. The fraction of sp³-hybridized carbons (Fsp3) is 0.667. The molecular weight excluding hydrogens is 170 g/mol. The Morgan fingerprint density at radius 2 is 2.18 bits per heavy atom. The minimum Gasteiger partial charge on any atom is -0.469 e. The zero-order chi connectivity index (χ0) is 10.5. The molecular formula is C6H12ClNO3. The summed E-state index contributed by atoms with van der Waals surface area (Å²) in [5.41, 5.74) is 4.97. The second-order valence-corrected chi connectivity index (χ2v) is 1.72. The molecule has 0 aliphatic heterocycles. The van der Waals surface area contributed by atoms with Crippen LogP contribution in [-0.4, -0.2) is 25.3 Å². The van der Waals surface area contributed by atoms with Crippen LogP contribution in [0.2, 0.25) is 0 Å². The van der Waals surface area contributed by atoms with Crippen molar-refractivity contribution in [2.24, 2.45) is 5.73 Å². The summed E-state index contributed by atoms with van der Waals surface area (Å²) in [6, 6.07) is 0. The van der Waals surface area contributed by atoms with Crippen LogP contribution in [0, 0.1) is 0 Å². The lowest BCUT2D eigenvalue weighted by molar-refractivity contribution is -0.141. The van der Waals surface area contributed by atoms with E-state index in [1.165, 1.54) is 0 Å². The Bertz CT molecular complexity index is 207. The summed E-state index contributed by atoms with van der Waals surface area (Å²) in [6.07, 6.45) is -0.320. The number of ketones is 1. The van der Waals surface area contributed by atoms with Crippen LogP contribution < -0.4 is 5.73 Å². The third-order valence-corrected chi connectivity index (χ3v) is 0.949. The molecule has 0 fully saturated rings. The van der Waals surface area contributed by atoms with Crippen molar-refractivity contribution in [3.8, 4) is 0 Å². The number of ether oxygens (including phenoxy) is 1. The van der Waals surface area contributed by atoms with Gasteiger partial charge in [-0.15, -0.1) is 12.4 Å². The molecule has 0 amide bonds. The maximum Gasteiger partial charge on any atom is 0.305 e. The van der Waals surface area contributed by atoms with Crippen molar-refractivity contribution >= 4 is 24.2 Å². The van der Waals surface area contributed by atoms with E-state index in [4.69, 9.17) is 9.85 Å². The van der Waals surface area contributed by atoms with Gasteiger partial charge in [-0.25, -0.2) is 0 Å². The van der Waals surface area contributed by atoms with Crippen molar-refractivity contribution in [2.45, 2.75) is 12.8 Å². The van der Waals surface area contributed by atoms with Gasteiger partial charge in [0.05, 0.1) is 24.1 Å². The third kappa shape index (κ3) is 7.29. The maximum atomic E-state index is 10.7. The normalized spacial score (nSPS) is 13.4. The van der Waals surface area contributed by atoms with Crippen molar-refractivity contribution in [1.29, 1.82) is 0 Å². The third-order valence-electron chi connectivity index (χ3n) is 0.949. The van der Waals surface area contributed by atoms with Crippen LogP contribution in [0.25, 0.3) is 0 Å². The number of rotatable bonds is 4. The minimum absolute atomic E-state index is 0. The summed E-state index contributed by atoms with van der Waals surface area (Å²) in [6.45, 7) is -0.152. The smallest absolute Gasteiger partial charge is 0.305 e. The summed E-state index contributed by atoms with van der Waals surface area (Å²) in [4.78, 5) is 21.3. The number of carbonyl (C=O) groups is 2. The molecule has 11 heavy (non-hydrogen) atoms. The first-order chi connectivity index (χ1) is 5.85. The van der Waals surface area contributed by atoms with Crippen LogP contribution in [0.5, 0.6) is 0 Å². The number of methoxy groups -OCH3 is 1. The zero-order valence-electron chi connectivity index (χ0n) is 8.83. The molecule has 0 rings (SSSR count). The van der Waals surface area contributed by atoms with Gasteiger partial charge in [-0.1, -0.05) is 0 Å². The monoisotopic (exact) mass is 184 g/mol. The highest BCUT2D eigenvalue weighted by Gasteiger charge is 2.03. The molecule has 2 N–H and O–H groups in total. The molecule has 0 saturated heterocycles. The molecule has 5 heteroatoms. The zero-order valence-corrected chi connectivity index (χ0v) is 6.65. The van der Waals surface area contributed by atoms with Gasteiger partial charge in [0.25, 0.3) is 0 Å². The SMILES string of the molecule is Cl.[2H]C([2H])([2H])OC(=O)CCC(=O)CN. The predicted molar refractivity (Wildman–Crippen MR) is 42.6 cm³/mol. The van der Waals surface area contributed by atoms with E-state index in [1.54, 1.807) is 0 Å². The van der Waals surface area contributed by atoms with Crippen molar-refractivity contribution in [2.75, 3.05) is 13.6 Å². The molecule has 4 nitrogen and oxygen atoms in total. The standard InChI is InChI=1S/C6H11NO3.ClH/c1-10-6(9)3-2-5(8)4-7;/h2-4,7H2,1H3;1H/i1D3;. The lowest BCUT2D eigenvalue weighted by Crippen LogP contribution is -2.14. The molecule has 0 spiro atoms. The summed E-state index contributed by atoms with van der Waals surface area (Å²) < 4.78 is 23.7. The second-order valence-electron chi connectivity index (χ2n) is 1.72. The number of hydrogen-bond acceptors (Lipinski definition) is 4. The molecule has 0 unspecified atom stereocenters. The van der Waals surface area contributed by atoms with E-state index in [-0.39, 0.29) is 37.6 Å².